The molecule has 0 saturated heterocycles. The van der Waals surface area contributed by atoms with Crippen molar-refractivity contribution in [1.82, 2.24) is 0 Å². The van der Waals surface area contributed by atoms with Gasteiger partial charge in [0.1, 0.15) is 6.61 Å². The number of nitrogen functional groups attached to an aromatic ring is 1. The third-order valence-corrected chi connectivity index (χ3v) is 2.98. The van der Waals surface area contributed by atoms with Crippen molar-refractivity contribution in [3.05, 3.63) is 23.8 Å². The van der Waals surface area contributed by atoms with E-state index >= 15 is 0 Å². The number of nitrogens with two attached hydrogens (primary N) is 1. The lowest BCUT2D eigenvalue weighted by Crippen LogP contribution is -2.27. The van der Waals surface area contributed by atoms with Crippen LogP contribution in [0.25, 0.3) is 0 Å². The van der Waals surface area contributed by atoms with Gasteiger partial charge in [-0.05, 0) is 43.9 Å². The summed E-state index contributed by atoms with van der Waals surface area (Å²) in [5.74, 6) is -0.146. The first-order chi connectivity index (χ1) is 8.15. The van der Waals surface area contributed by atoms with Gasteiger partial charge in [-0.3, -0.25) is 4.79 Å². The lowest BCUT2D eigenvalue weighted by molar-refractivity contribution is -0.124. The highest BCUT2D eigenvalue weighted by Gasteiger charge is 2.19. The van der Waals surface area contributed by atoms with Crippen molar-refractivity contribution >= 4 is 17.3 Å². The summed E-state index contributed by atoms with van der Waals surface area (Å²) in [6.07, 6.45) is 3.62. The molecular weight excluding hydrogens is 216 g/mol. The number of carbonyl (C=O) groups excluding carboxylic acids is 1. The summed E-state index contributed by atoms with van der Waals surface area (Å²) in [7, 11) is 0. The zero-order valence-corrected chi connectivity index (χ0v) is 10.0. The minimum atomic E-state index is -0.146. The lowest BCUT2D eigenvalue weighted by atomic mass is 9.96. The standard InChI is InChI=1S/C13H18N2O2/c1-9-5-6-12(11(14)7-9)15-13(16)8-17-10-3-2-4-10/h5-7,10H,2-4,8,14H2,1H3,(H,15,16). The van der Waals surface area contributed by atoms with Crippen molar-refractivity contribution in [2.45, 2.75) is 32.3 Å². The van der Waals surface area contributed by atoms with E-state index in [0.717, 1.165) is 18.4 Å². The Balaban J connectivity index is 1.84. The molecule has 0 spiro atoms. The zero-order valence-electron chi connectivity index (χ0n) is 10.0. The fourth-order valence-corrected chi connectivity index (χ4v) is 1.71. The van der Waals surface area contributed by atoms with E-state index in [-0.39, 0.29) is 18.6 Å². The number of carbonyl (C=O) groups is 1. The van der Waals surface area contributed by atoms with Crippen molar-refractivity contribution in [3.8, 4) is 0 Å². The molecule has 0 atom stereocenters. The molecule has 1 fully saturated rings. The van der Waals surface area contributed by atoms with Crippen LogP contribution in [-0.4, -0.2) is 18.6 Å². The largest absolute Gasteiger partial charge is 0.397 e. The van der Waals surface area contributed by atoms with Gasteiger partial charge in [-0.15, -0.1) is 0 Å². The molecule has 4 nitrogen and oxygen atoms in total. The molecule has 0 unspecified atom stereocenters. The SMILES string of the molecule is Cc1ccc(NC(=O)COC2CCC2)c(N)c1. The number of rotatable bonds is 4. The Labute approximate surface area is 101 Å². The van der Waals surface area contributed by atoms with Crippen LogP contribution in [0, 0.1) is 6.92 Å². The molecule has 92 valence electrons. The third-order valence-electron chi connectivity index (χ3n) is 2.98. The van der Waals surface area contributed by atoms with Crippen LogP contribution in [0.2, 0.25) is 0 Å². The summed E-state index contributed by atoms with van der Waals surface area (Å²) >= 11 is 0. The number of aryl methyl sites for hydroxylation is 1. The number of hydrogen-bond acceptors (Lipinski definition) is 3. The molecule has 1 saturated carbocycles. The van der Waals surface area contributed by atoms with Gasteiger partial charge in [-0.25, -0.2) is 0 Å². The van der Waals surface area contributed by atoms with Crippen molar-refractivity contribution in [2.24, 2.45) is 0 Å². The number of nitrogens with one attached hydrogen (secondary N) is 1. The average Bonchev–Trinajstić information content (AvgIpc) is 2.20. The van der Waals surface area contributed by atoms with Crippen molar-refractivity contribution in [1.29, 1.82) is 0 Å². The average molecular weight is 234 g/mol. The van der Waals surface area contributed by atoms with Crippen molar-refractivity contribution < 1.29 is 9.53 Å². The molecule has 1 aliphatic rings. The topological polar surface area (TPSA) is 64.3 Å². The molecule has 0 heterocycles. The minimum Gasteiger partial charge on any atom is -0.397 e. The fourth-order valence-electron chi connectivity index (χ4n) is 1.71. The predicted octanol–water partition coefficient (Wildman–Crippen LogP) is 2.08. The molecule has 4 heteroatoms. The summed E-state index contributed by atoms with van der Waals surface area (Å²) in [5, 5.41) is 2.75. The van der Waals surface area contributed by atoms with E-state index in [1.54, 1.807) is 0 Å². The van der Waals surface area contributed by atoms with Crippen LogP contribution in [0.1, 0.15) is 24.8 Å². The Kier molecular flexibility index (Phi) is 3.64. The molecule has 2 rings (SSSR count). The van der Waals surface area contributed by atoms with E-state index in [2.05, 4.69) is 5.32 Å². The second kappa shape index (κ2) is 5.19. The summed E-state index contributed by atoms with van der Waals surface area (Å²) in [4.78, 5) is 11.6. The summed E-state index contributed by atoms with van der Waals surface area (Å²) in [6.45, 7) is 2.07. The molecule has 1 aromatic rings. The van der Waals surface area contributed by atoms with E-state index in [1.165, 1.54) is 6.42 Å². The highest BCUT2D eigenvalue weighted by Crippen LogP contribution is 2.22. The molecule has 0 aromatic heterocycles. The van der Waals surface area contributed by atoms with E-state index in [1.807, 2.05) is 25.1 Å². The minimum absolute atomic E-state index is 0.109. The predicted molar refractivity (Wildman–Crippen MR) is 67.8 cm³/mol. The second-order valence-corrected chi connectivity index (χ2v) is 4.50. The van der Waals surface area contributed by atoms with Gasteiger partial charge in [0, 0.05) is 0 Å². The van der Waals surface area contributed by atoms with E-state index < -0.39 is 0 Å². The van der Waals surface area contributed by atoms with Gasteiger partial charge in [-0.1, -0.05) is 6.07 Å². The lowest BCUT2D eigenvalue weighted by Gasteiger charge is -2.25. The van der Waals surface area contributed by atoms with Crippen LogP contribution >= 0.6 is 0 Å². The Hall–Kier alpha value is -1.55. The molecule has 3 N–H and O–H groups in total. The van der Waals surface area contributed by atoms with Gasteiger partial charge in [-0.2, -0.15) is 0 Å². The van der Waals surface area contributed by atoms with E-state index in [0.29, 0.717) is 11.4 Å². The van der Waals surface area contributed by atoms with Crippen LogP contribution in [0.15, 0.2) is 18.2 Å². The first-order valence-corrected chi connectivity index (χ1v) is 5.93. The molecule has 1 amide bonds. The van der Waals surface area contributed by atoms with Crippen LogP contribution in [-0.2, 0) is 9.53 Å². The number of ether oxygens (including phenoxy) is 1. The van der Waals surface area contributed by atoms with Crippen LogP contribution in [0.3, 0.4) is 0 Å². The summed E-state index contributed by atoms with van der Waals surface area (Å²) in [5.41, 5.74) is 8.12. The molecule has 0 radical (unpaired) electrons. The Morgan fingerprint density at radius 2 is 2.29 bits per heavy atom. The van der Waals surface area contributed by atoms with E-state index in [9.17, 15) is 4.79 Å². The van der Waals surface area contributed by atoms with Crippen molar-refractivity contribution in [3.63, 3.8) is 0 Å². The van der Waals surface area contributed by atoms with E-state index in [4.69, 9.17) is 10.5 Å². The maximum absolute atomic E-state index is 11.6. The molecule has 17 heavy (non-hydrogen) atoms. The van der Waals surface area contributed by atoms with Gasteiger partial charge in [0.2, 0.25) is 5.91 Å². The van der Waals surface area contributed by atoms with Crippen LogP contribution in [0.5, 0.6) is 0 Å². The van der Waals surface area contributed by atoms with Gasteiger partial charge in [0.05, 0.1) is 17.5 Å². The van der Waals surface area contributed by atoms with Gasteiger partial charge in [0.25, 0.3) is 0 Å². The highest BCUT2D eigenvalue weighted by molar-refractivity contribution is 5.94. The third kappa shape index (κ3) is 3.20. The maximum atomic E-state index is 11.6. The van der Waals surface area contributed by atoms with Crippen molar-refractivity contribution in [2.75, 3.05) is 17.7 Å². The van der Waals surface area contributed by atoms with Crippen LogP contribution in [0.4, 0.5) is 11.4 Å². The van der Waals surface area contributed by atoms with Gasteiger partial charge >= 0.3 is 0 Å². The number of hydrogen-bond donors (Lipinski definition) is 2. The van der Waals surface area contributed by atoms with Crippen LogP contribution < -0.4 is 11.1 Å². The fraction of sp³-hybridized carbons (Fsp3) is 0.462. The molecule has 0 bridgehead atoms. The Morgan fingerprint density at radius 3 is 2.88 bits per heavy atom. The Morgan fingerprint density at radius 1 is 1.53 bits per heavy atom. The first-order valence-electron chi connectivity index (χ1n) is 5.93. The molecule has 1 aromatic carbocycles. The maximum Gasteiger partial charge on any atom is 0.250 e. The summed E-state index contributed by atoms with van der Waals surface area (Å²) in [6, 6.07) is 5.56. The number of benzene rings is 1. The molecule has 1 aliphatic carbocycles. The smallest absolute Gasteiger partial charge is 0.250 e. The highest BCUT2D eigenvalue weighted by atomic mass is 16.5. The molecular formula is C13H18N2O2. The quantitative estimate of drug-likeness (QED) is 0.784. The van der Waals surface area contributed by atoms with Gasteiger partial charge in [0.15, 0.2) is 0 Å². The normalized spacial score (nSPS) is 15.4. The first kappa shape index (κ1) is 11.9. The zero-order chi connectivity index (χ0) is 12.3. The molecule has 0 aliphatic heterocycles. The summed E-state index contributed by atoms with van der Waals surface area (Å²) < 4.78 is 5.42. The second-order valence-electron chi connectivity index (χ2n) is 4.50. The number of amides is 1. The Bertz CT molecular complexity index is 414. The monoisotopic (exact) mass is 234 g/mol. The number of anilines is 2. The van der Waals surface area contributed by atoms with Gasteiger partial charge < -0.3 is 15.8 Å².